The molecule has 3 aromatic rings. The Labute approximate surface area is 206 Å². The first-order chi connectivity index (χ1) is 16.4. The first kappa shape index (κ1) is 24.3. The fourth-order valence-electron chi connectivity index (χ4n) is 4.05. The molecule has 1 aliphatic heterocycles. The van der Waals surface area contributed by atoms with E-state index in [1.807, 2.05) is 31.2 Å². The largest absolute Gasteiger partial charge is 0.485 e. The van der Waals surface area contributed by atoms with Crippen LogP contribution in [-0.2, 0) is 19.7 Å². The highest BCUT2D eigenvalue weighted by atomic mass is 79.9. The van der Waals surface area contributed by atoms with Crippen LogP contribution < -0.4 is 10.3 Å². The van der Waals surface area contributed by atoms with Gasteiger partial charge in [0, 0.05) is 35.4 Å². The number of carbonyl (C=O) groups excluding carboxylic acids is 1. The summed E-state index contributed by atoms with van der Waals surface area (Å²) in [5.41, 5.74) is 2.83. The molecule has 178 valence electrons. The molecular weight excluding hydrogens is 500 g/mol. The summed E-state index contributed by atoms with van der Waals surface area (Å²) < 4.78 is 7.61. The van der Waals surface area contributed by atoms with E-state index >= 15 is 0 Å². The predicted molar refractivity (Wildman–Crippen MR) is 131 cm³/mol. The number of Topliss-reactive ketones (excluding diaryl/α,β-unsaturated/α-hetero) is 1. The van der Waals surface area contributed by atoms with E-state index in [0.717, 1.165) is 51.9 Å². The number of rotatable bonds is 8. The van der Waals surface area contributed by atoms with Crippen LogP contribution in [0.25, 0.3) is 0 Å². The second-order valence-corrected chi connectivity index (χ2v) is 9.46. The van der Waals surface area contributed by atoms with Crippen LogP contribution in [0.3, 0.4) is 0 Å². The maximum Gasteiger partial charge on any atom is 0.270 e. The van der Waals surface area contributed by atoms with Crippen LogP contribution in [-0.4, -0.2) is 49.7 Å². The number of halogens is 1. The molecule has 0 aliphatic carbocycles. The van der Waals surface area contributed by atoms with Gasteiger partial charge in [-0.25, -0.2) is 4.68 Å². The minimum Gasteiger partial charge on any atom is -0.485 e. The number of pyridine rings is 1. The number of carbonyl (C=O) groups is 1. The zero-order valence-electron chi connectivity index (χ0n) is 19.0. The summed E-state index contributed by atoms with van der Waals surface area (Å²) >= 11 is 3.33. The zero-order valence-corrected chi connectivity index (χ0v) is 20.6. The van der Waals surface area contributed by atoms with Gasteiger partial charge in [0.05, 0.1) is 18.0 Å². The highest BCUT2D eigenvalue weighted by molar-refractivity contribution is 9.10. The number of aryl methyl sites for hydroxylation is 1. The molecular formula is C25H27BrN4O4. The standard InChI is InChI=1S/C25H27BrN4O4/c1-17-9-18(13-29-8-2-3-21(31)14-29)4-7-23(17)24(32)15-30-25(33)10-22(12-28-30)34-16-20-6-5-19(26)11-27-20/h4-7,9-12,21,31H,2-3,8,13-16H2,1H3/t21-/m1/s1. The smallest absolute Gasteiger partial charge is 0.270 e. The molecule has 1 atom stereocenters. The number of ether oxygens (including phenoxy) is 1. The Morgan fingerprint density at radius 2 is 2.09 bits per heavy atom. The Morgan fingerprint density at radius 3 is 2.79 bits per heavy atom. The number of aliphatic hydroxyl groups is 1. The van der Waals surface area contributed by atoms with Gasteiger partial charge in [0.25, 0.3) is 5.56 Å². The Bertz CT molecular complexity index is 1210. The van der Waals surface area contributed by atoms with Crippen LogP contribution >= 0.6 is 15.9 Å². The fourth-order valence-corrected chi connectivity index (χ4v) is 4.29. The number of nitrogens with zero attached hydrogens (tertiary/aromatic N) is 4. The van der Waals surface area contributed by atoms with Gasteiger partial charge in [-0.05, 0) is 65.5 Å². The average molecular weight is 527 g/mol. The monoisotopic (exact) mass is 526 g/mol. The highest BCUT2D eigenvalue weighted by Crippen LogP contribution is 2.17. The maximum atomic E-state index is 12.9. The lowest BCUT2D eigenvalue weighted by molar-refractivity contribution is 0.0668. The first-order valence-corrected chi connectivity index (χ1v) is 12.0. The number of hydrogen-bond acceptors (Lipinski definition) is 7. The molecule has 8 nitrogen and oxygen atoms in total. The molecule has 1 fully saturated rings. The molecule has 9 heteroatoms. The first-order valence-electron chi connectivity index (χ1n) is 11.2. The Kier molecular flexibility index (Phi) is 7.87. The predicted octanol–water partition coefficient (Wildman–Crippen LogP) is 3.13. The molecule has 3 heterocycles. The molecule has 1 aromatic carbocycles. The second-order valence-electron chi connectivity index (χ2n) is 8.55. The Hall–Kier alpha value is -2.88. The van der Waals surface area contributed by atoms with E-state index in [0.29, 0.717) is 17.9 Å². The molecule has 1 aliphatic rings. The summed E-state index contributed by atoms with van der Waals surface area (Å²) in [4.78, 5) is 31.8. The van der Waals surface area contributed by atoms with E-state index < -0.39 is 5.56 Å². The summed E-state index contributed by atoms with van der Waals surface area (Å²) in [6.07, 6.45) is 4.68. The summed E-state index contributed by atoms with van der Waals surface area (Å²) in [5, 5.41) is 14.0. The average Bonchev–Trinajstić information content (AvgIpc) is 2.80. The summed E-state index contributed by atoms with van der Waals surface area (Å²) in [6.45, 7) is 4.33. The normalized spacial score (nSPS) is 16.4. The molecule has 2 aromatic heterocycles. The fraction of sp³-hybridized carbons (Fsp3) is 0.360. The van der Waals surface area contributed by atoms with Crippen LogP contribution in [0.15, 0.2) is 58.1 Å². The Morgan fingerprint density at radius 1 is 1.24 bits per heavy atom. The number of hydrogen-bond donors (Lipinski definition) is 1. The van der Waals surface area contributed by atoms with Crippen LogP contribution in [0.2, 0.25) is 0 Å². The van der Waals surface area contributed by atoms with Crippen molar-refractivity contribution in [1.82, 2.24) is 19.7 Å². The number of ketones is 1. The topological polar surface area (TPSA) is 97.6 Å². The molecule has 1 saturated heterocycles. The highest BCUT2D eigenvalue weighted by Gasteiger charge is 2.18. The number of benzene rings is 1. The van der Waals surface area contributed by atoms with E-state index in [4.69, 9.17) is 4.74 Å². The third kappa shape index (κ3) is 6.37. The van der Waals surface area contributed by atoms with Crippen molar-refractivity contribution in [2.24, 2.45) is 0 Å². The SMILES string of the molecule is Cc1cc(CN2CCC[C@@H](O)C2)ccc1C(=O)Cn1ncc(OCc2ccc(Br)cn2)cc1=O. The van der Waals surface area contributed by atoms with Crippen molar-refractivity contribution in [2.45, 2.75) is 45.6 Å². The van der Waals surface area contributed by atoms with Crippen LogP contribution in [0.1, 0.15) is 40.0 Å². The second kappa shape index (κ2) is 11.0. The number of aliphatic hydroxyl groups excluding tert-OH is 1. The van der Waals surface area contributed by atoms with Gasteiger partial charge in [-0.1, -0.05) is 18.2 Å². The molecule has 34 heavy (non-hydrogen) atoms. The summed E-state index contributed by atoms with van der Waals surface area (Å²) in [5.74, 6) is 0.140. The van der Waals surface area contributed by atoms with Crippen LogP contribution in [0.4, 0.5) is 0 Å². The molecule has 0 bridgehead atoms. The third-order valence-corrected chi connectivity index (χ3v) is 6.26. The number of piperidine rings is 1. The molecule has 4 rings (SSSR count). The van der Waals surface area contributed by atoms with Gasteiger partial charge < -0.3 is 9.84 Å². The van der Waals surface area contributed by atoms with Crippen molar-refractivity contribution in [2.75, 3.05) is 13.1 Å². The van der Waals surface area contributed by atoms with Gasteiger partial charge in [0.15, 0.2) is 5.78 Å². The van der Waals surface area contributed by atoms with E-state index in [9.17, 15) is 14.7 Å². The maximum absolute atomic E-state index is 12.9. The van der Waals surface area contributed by atoms with Gasteiger partial charge in [-0.2, -0.15) is 5.10 Å². The molecule has 0 unspecified atom stereocenters. The molecule has 0 amide bonds. The third-order valence-electron chi connectivity index (χ3n) is 5.79. The van der Waals surface area contributed by atoms with Gasteiger partial charge in [-0.3, -0.25) is 19.5 Å². The number of β-amino-alcohol motifs (C(OH)–C–C–N with tert-alkyl or cyclic N) is 1. The van der Waals surface area contributed by atoms with Gasteiger partial charge in [0.2, 0.25) is 0 Å². The lowest BCUT2D eigenvalue weighted by Gasteiger charge is -2.30. The molecule has 0 radical (unpaired) electrons. The van der Waals surface area contributed by atoms with Crippen molar-refractivity contribution < 1.29 is 14.6 Å². The molecule has 1 N–H and O–H groups in total. The van der Waals surface area contributed by atoms with E-state index in [1.165, 1.54) is 12.3 Å². The van der Waals surface area contributed by atoms with E-state index in [-0.39, 0.29) is 25.0 Å². The summed E-state index contributed by atoms with van der Waals surface area (Å²) in [6, 6.07) is 10.7. The van der Waals surface area contributed by atoms with Crippen LogP contribution in [0.5, 0.6) is 5.75 Å². The van der Waals surface area contributed by atoms with Crippen molar-refractivity contribution in [3.05, 3.63) is 86.0 Å². The van der Waals surface area contributed by atoms with Gasteiger partial charge in [0.1, 0.15) is 18.9 Å². The van der Waals surface area contributed by atoms with E-state index in [2.05, 4.69) is 30.9 Å². The minimum atomic E-state index is -0.410. The number of likely N-dealkylation sites (tertiary alicyclic amines) is 1. The lowest BCUT2D eigenvalue weighted by Crippen LogP contribution is -2.37. The lowest BCUT2D eigenvalue weighted by atomic mass is 10.0. The zero-order chi connectivity index (χ0) is 24.1. The molecule has 0 saturated carbocycles. The van der Waals surface area contributed by atoms with Gasteiger partial charge >= 0.3 is 0 Å². The van der Waals surface area contributed by atoms with Crippen molar-refractivity contribution in [3.63, 3.8) is 0 Å². The minimum absolute atomic E-state index is 0.147. The van der Waals surface area contributed by atoms with Crippen molar-refractivity contribution >= 4 is 21.7 Å². The summed E-state index contributed by atoms with van der Waals surface area (Å²) in [7, 11) is 0. The quantitative estimate of drug-likeness (QED) is 0.450. The molecule has 0 spiro atoms. The number of aromatic nitrogens is 3. The van der Waals surface area contributed by atoms with E-state index in [1.54, 1.807) is 12.3 Å². The van der Waals surface area contributed by atoms with Crippen LogP contribution in [0, 0.1) is 6.92 Å². The van der Waals surface area contributed by atoms with Crippen molar-refractivity contribution in [3.8, 4) is 5.75 Å². The van der Waals surface area contributed by atoms with Crippen molar-refractivity contribution in [1.29, 1.82) is 0 Å². The van der Waals surface area contributed by atoms with Gasteiger partial charge in [-0.15, -0.1) is 0 Å². The Balaban J connectivity index is 1.37.